The Balaban J connectivity index is 2.85. The van der Waals surface area contributed by atoms with Crippen molar-refractivity contribution in [3.8, 4) is 6.07 Å². The van der Waals surface area contributed by atoms with Crippen molar-refractivity contribution < 1.29 is 35.9 Å². The molecule has 22 heavy (non-hydrogen) atoms. The standard InChI is InChI=1S/C11H11F6N3O2/c12-10(13,14)7-2-1-6(19-9(22)11(15,16)17)5-20(7)8(21)3-4-18/h6-7H,1-3,5H2,(H,19,22)/t6-,7-/m0/s1. The molecule has 0 aliphatic carbocycles. The van der Waals surface area contributed by atoms with E-state index in [1.54, 1.807) is 5.32 Å². The second-order valence-corrected chi connectivity index (χ2v) is 4.68. The second-order valence-electron chi connectivity index (χ2n) is 4.68. The van der Waals surface area contributed by atoms with Crippen molar-refractivity contribution in [1.82, 2.24) is 10.2 Å². The van der Waals surface area contributed by atoms with E-state index in [2.05, 4.69) is 0 Å². The Morgan fingerprint density at radius 3 is 2.23 bits per heavy atom. The first-order valence-electron chi connectivity index (χ1n) is 6.07. The van der Waals surface area contributed by atoms with Gasteiger partial charge in [0.05, 0.1) is 6.07 Å². The molecule has 1 aliphatic heterocycles. The Bertz CT molecular complexity index is 482. The lowest BCUT2D eigenvalue weighted by Gasteiger charge is -2.40. The lowest BCUT2D eigenvalue weighted by Crippen LogP contribution is -2.59. The summed E-state index contributed by atoms with van der Waals surface area (Å²) in [5.74, 6) is -3.42. The van der Waals surface area contributed by atoms with Crippen LogP contribution in [0.2, 0.25) is 0 Å². The minimum absolute atomic E-state index is 0.300. The highest BCUT2D eigenvalue weighted by molar-refractivity contribution is 5.82. The number of hydrogen-bond donors (Lipinski definition) is 1. The first kappa shape index (κ1) is 18.1. The van der Waals surface area contributed by atoms with Crippen molar-refractivity contribution in [3.05, 3.63) is 0 Å². The van der Waals surface area contributed by atoms with Gasteiger partial charge in [-0.2, -0.15) is 31.6 Å². The van der Waals surface area contributed by atoms with E-state index in [9.17, 15) is 35.9 Å². The van der Waals surface area contributed by atoms with Crippen LogP contribution >= 0.6 is 0 Å². The Hall–Kier alpha value is -1.99. The number of nitrogens with one attached hydrogen (secondary N) is 1. The molecule has 11 heteroatoms. The highest BCUT2D eigenvalue weighted by atomic mass is 19.4. The van der Waals surface area contributed by atoms with Gasteiger partial charge in [0.15, 0.2) is 0 Å². The van der Waals surface area contributed by atoms with Crippen molar-refractivity contribution >= 4 is 11.8 Å². The Labute approximate surface area is 120 Å². The van der Waals surface area contributed by atoms with E-state index in [0.29, 0.717) is 4.90 Å². The predicted octanol–water partition coefficient (Wildman–Crippen LogP) is 1.50. The number of likely N-dealkylation sites (tertiary alicyclic amines) is 1. The number of alkyl halides is 6. The normalized spacial score (nSPS) is 22.9. The zero-order valence-electron chi connectivity index (χ0n) is 11.0. The molecule has 1 heterocycles. The largest absolute Gasteiger partial charge is 0.471 e. The van der Waals surface area contributed by atoms with Gasteiger partial charge in [-0.3, -0.25) is 9.59 Å². The first-order chi connectivity index (χ1) is 9.96. The topological polar surface area (TPSA) is 73.2 Å². The van der Waals surface area contributed by atoms with Crippen molar-refractivity contribution in [2.75, 3.05) is 6.54 Å². The maximum Gasteiger partial charge on any atom is 0.471 e. The first-order valence-corrected chi connectivity index (χ1v) is 6.07. The number of carbonyl (C=O) groups excluding carboxylic acids is 2. The van der Waals surface area contributed by atoms with Crippen LogP contribution < -0.4 is 5.32 Å². The molecule has 5 nitrogen and oxygen atoms in total. The molecular formula is C11H11F6N3O2. The second kappa shape index (κ2) is 6.41. The van der Waals surface area contributed by atoms with Gasteiger partial charge >= 0.3 is 18.3 Å². The maximum absolute atomic E-state index is 12.8. The van der Waals surface area contributed by atoms with Gasteiger partial charge in [0.25, 0.3) is 0 Å². The molecule has 2 atom stereocenters. The fraction of sp³-hybridized carbons (Fsp3) is 0.727. The van der Waals surface area contributed by atoms with E-state index >= 15 is 0 Å². The van der Waals surface area contributed by atoms with Crippen LogP contribution in [-0.2, 0) is 9.59 Å². The van der Waals surface area contributed by atoms with Gasteiger partial charge in [0.2, 0.25) is 5.91 Å². The summed E-state index contributed by atoms with van der Waals surface area (Å²) in [6.07, 6.45) is -11.8. The molecule has 0 radical (unpaired) electrons. The molecular weight excluding hydrogens is 320 g/mol. The molecule has 0 saturated carbocycles. The summed E-state index contributed by atoms with van der Waals surface area (Å²) in [5.41, 5.74) is 0. The number of hydrogen-bond acceptors (Lipinski definition) is 3. The van der Waals surface area contributed by atoms with Gasteiger partial charge in [-0.1, -0.05) is 0 Å². The summed E-state index contributed by atoms with van der Waals surface area (Å²) >= 11 is 0. The molecule has 0 spiro atoms. The lowest BCUT2D eigenvalue weighted by molar-refractivity contribution is -0.198. The van der Waals surface area contributed by atoms with Crippen LogP contribution in [0.3, 0.4) is 0 Å². The molecule has 0 aromatic heterocycles. The number of nitrogens with zero attached hydrogens (tertiary/aromatic N) is 2. The summed E-state index contributed by atoms with van der Waals surface area (Å²) in [6.45, 7) is -0.730. The van der Waals surface area contributed by atoms with Gasteiger partial charge in [-0.25, -0.2) is 0 Å². The van der Waals surface area contributed by atoms with Gasteiger partial charge in [-0.15, -0.1) is 0 Å². The SMILES string of the molecule is N#CCC(=O)N1C[C@@H](NC(=O)C(F)(F)F)CC[C@H]1C(F)(F)F. The summed E-state index contributed by atoms with van der Waals surface area (Å²) < 4.78 is 74.9. The van der Waals surface area contributed by atoms with Crippen molar-refractivity contribution in [2.45, 2.75) is 43.7 Å². The predicted molar refractivity (Wildman–Crippen MR) is 59.0 cm³/mol. The number of rotatable bonds is 2. The zero-order chi connectivity index (χ0) is 17.1. The van der Waals surface area contributed by atoms with Gasteiger partial charge in [-0.05, 0) is 12.8 Å². The lowest BCUT2D eigenvalue weighted by atomic mass is 9.97. The molecule has 1 fully saturated rings. The number of nitriles is 1. The van der Waals surface area contributed by atoms with Crippen LogP contribution in [0.25, 0.3) is 0 Å². The minimum Gasteiger partial charge on any atom is -0.344 e. The fourth-order valence-electron chi connectivity index (χ4n) is 2.14. The fourth-order valence-corrected chi connectivity index (χ4v) is 2.14. The summed E-state index contributed by atoms with van der Waals surface area (Å²) in [6, 6.07) is -2.04. The number of piperidine rings is 1. The van der Waals surface area contributed by atoms with Crippen LogP contribution in [0.5, 0.6) is 0 Å². The van der Waals surface area contributed by atoms with Crippen LogP contribution in [-0.4, -0.2) is 47.7 Å². The van der Waals surface area contributed by atoms with Crippen molar-refractivity contribution in [2.24, 2.45) is 0 Å². The van der Waals surface area contributed by atoms with E-state index in [4.69, 9.17) is 5.26 Å². The molecule has 0 aromatic carbocycles. The summed E-state index contributed by atoms with van der Waals surface area (Å²) in [7, 11) is 0. The average molecular weight is 331 g/mol. The third-order valence-electron chi connectivity index (χ3n) is 3.10. The average Bonchev–Trinajstić information content (AvgIpc) is 2.36. The molecule has 0 unspecified atom stereocenters. The highest BCUT2D eigenvalue weighted by Gasteiger charge is 2.49. The van der Waals surface area contributed by atoms with Crippen LogP contribution in [0, 0.1) is 11.3 Å². The Kier molecular flexibility index (Phi) is 5.26. The zero-order valence-corrected chi connectivity index (χ0v) is 11.0. The van der Waals surface area contributed by atoms with Gasteiger partial charge in [0.1, 0.15) is 12.5 Å². The summed E-state index contributed by atoms with van der Waals surface area (Å²) in [5, 5.41) is 9.93. The molecule has 0 aromatic rings. The third kappa shape index (κ3) is 4.51. The van der Waals surface area contributed by atoms with E-state index in [-0.39, 0.29) is 6.42 Å². The van der Waals surface area contributed by atoms with E-state index in [0.717, 1.165) is 0 Å². The molecule has 1 N–H and O–H groups in total. The van der Waals surface area contributed by atoms with Gasteiger partial charge < -0.3 is 10.2 Å². The third-order valence-corrected chi connectivity index (χ3v) is 3.10. The molecule has 1 saturated heterocycles. The smallest absolute Gasteiger partial charge is 0.344 e. The highest BCUT2D eigenvalue weighted by Crippen LogP contribution is 2.32. The van der Waals surface area contributed by atoms with Crippen LogP contribution in [0.1, 0.15) is 19.3 Å². The molecule has 124 valence electrons. The summed E-state index contributed by atoms with van der Waals surface area (Å²) in [4.78, 5) is 22.7. The minimum atomic E-state index is -5.16. The number of halogens is 6. The van der Waals surface area contributed by atoms with Gasteiger partial charge in [0, 0.05) is 12.6 Å². The Morgan fingerprint density at radius 1 is 1.18 bits per heavy atom. The Morgan fingerprint density at radius 2 is 1.77 bits per heavy atom. The van der Waals surface area contributed by atoms with Crippen LogP contribution in [0.4, 0.5) is 26.3 Å². The maximum atomic E-state index is 12.8. The van der Waals surface area contributed by atoms with Crippen molar-refractivity contribution in [3.63, 3.8) is 0 Å². The molecule has 1 aliphatic rings. The monoisotopic (exact) mass is 331 g/mol. The molecule has 0 bridgehead atoms. The van der Waals surface area contributed by atoms with Crippen LogP contribution in [0.15, 0.2) is 0 Å². The number of carbonyl (C=O) groups is 2. The van der Waals surface area contributed by atoms with E-state index < -0.39 is 55.6 Å². The molecule has 2 amide bonds. The quantitative estimate of drug-likeness (QED) is 0.780. The van der Waals surface area contributed by atoms with Crippen molar-refractivity contribution in [1.29, 1.82) is 5.26 Å². The molecule has 1 rings (SSSR count). The number of amides is 2. The van der Waals surface area contributed by atoms with E-state index in [1.165, 1.54) is 6.07 Å². The van der Waals surface area contributed by atoms with E-state index in [1.807, 2.05) is 0 Å².